The molecule has 1 atom stereocenters. The molecule has 0 radical (unpaired) electrons. The summed E-state index contributed by atoms with van der Waals surface area (Å²) in [7, 11) is 0. The van der Waals surface area contributed by atoms with Gasteiger partial charge in [-0.1, -0.05) is 23.4 Å². The largest absolute Gasteiger partial charge is 0.485 e. The van der Waals surface area contributed by atoms with E-state index in [1.165, 1.54) is 16.7 Å². The molecule has 0 spiro atoms. The molecule has 1 saturated heterocycles. The second kappa shape index (κ2) is 8.07. The van der Waals surface area contributed by atoms with Crippen molar-refractivity contribution in [1.82, 2.24) is 15.0 Å². The number of hydrogen-bond donors (Lipinski definition) is 0. The molecule has 1 aromatic heterocycles. The van der Waals surface area contributed by atoms with E-state index in [4.69, 9.17) is 9.26 Å². The second-order valence-corrected chi connectivity index (χ2v) is 7.54. The molecule has 29 heavy (non-hydrogen) atoms. The number of nitrogens with zero attached hydrogens (tertiary/aromatic N) is 3. The number of carbonyl (C=O) groups is 1. The maximum absolute atomic E-state index is 13.1. The van der Waals surface area contributed by atoms with Crippen LogP contribution in [0.15, 0.2) is 47.0 Å². The van der Waals surface area contributed by atoms with Crippen molar-refractivity contribution < 1.29 is 14.1 Å². The van der Waals surface area contributed by atoms with E-state index < -0.39 is 0 Å². The van der Waals surface area contributed by atoms with Crippen LogP contribution < -0.4 is 4.74 Å². The third kappa shape index (κ3) is 4.16. The Balaban J connectivity index is 1.44. The van der Waals surface area contributed by atoms with Gasteiger partial charge in [-0.2, -0.15) is 4.98 Å². The molecule has 1 unspecified atom stereocenters. The van der Waals surface area contributed by atoms with Crippen molar-refractivity contribution in [3.63, 3.8) is 0 Å². The first kappa shape index (κ1) is 19.2. The lowest BCUT2D eigenvalue weighted by atomic mass is 9.99. The molecular weight excluding hydrogens is 366 g/mol. The molecule has 150 valence electrons. The first-order valence-corrected chi connectivity index (χ1v) is 9.91. The van der Waals surface area contributed by atoms with Crippen molar-refractivity contribution >= 4 is 5.91 Å². The van der Waals surface area contributed by atoms with Crippen LogP contribution in [0.2, 0.25) is 0 Å². The fourth-order valence-corrected chi connectivity index (χ4v) is 3.74. The van der Waals surface area contributed by atoms with Crippen LogP contribution in [-0.4, -0.2) is 27.5 Å². The van der Waals surface area contributed by atoms with Gasteiger partial charge in [-0.3, -0.25) is 4.79 Å². The summed E-state index contributed by atoms with van der Waals surface area (Å²) in [6.07, 6.45) is 2.02. The summed E-state index contributed by atoms with van der Waals surface area (Å²) < 4.78 is 10.6. The third-order valence-electron chi connectivity index (χ3n) is 5.47. The number of benzene rings is 2. The highest BCUT2D eigenvalue weighted by atomic mass is 16.5. The Bertz CT molecular complexity index is 1010. The molecule has 6 heteroatoms. The van der Waals surface area contributed by atoms with Crippen LogP contribution in [0, 0.1) is 20.8 Å². The molecule has 0 N–H and O–H groups in total. The van der Waals surface area contributed by atoms with Crippen molar-refractivity contribution in [3.8, 4) is 5.75 Å². The van der Waals surface area contributed by atoms with Crippen LogP contribution in [0.5, 0.6) is 5.75 Å². The monoisotopic (exact) mass is 391 g/mol. The van der Waals surface area contributed by atoms with E-state index in [1.807, 2.05) is 17.0 Å². The van der Waals surface area contributed by atoms with Crippen LogP contribution in [0.3, 0.4) is 0 Å². The van der Waals surface area contributed by atoms with E-state index in [0.717, 1.165) is 19.4 Å². The molecular formula is C23H25N3O3. The van der Waals surface area contributed by atoms with Gasteiger partial charge in [0.05, 0.1) is 6.04 Å². The van der Waals surface area contributed by atoms with Gasteiger partial charge in [0.25, 0.3) is 5.91 Å². The minimum atomic E-state index is 0.0612. The van der Waals surface area contributed by atoms with Gasteiger partial charge in [0.1, 0.15) is 5.75 Å². The number of rotatable bonds is 5. The smallest absolute Gasteiger partial charge is 0.254 e. The Labute approximate surface area is 170 Å². The Kier molecular flexibility index (Phi) is 5.34. The molecule has 1 aliphatic rings. The van der Waals surface area contributed by atoms with Gasteiger partial charge in [-0.05, 0) is 67.6 Å². The standard InChI is InChI=1S/C23H25N3O3/c1-15-6-7-19(13-16(15)2)21-5-4-12-26(21)23(27)18-8-10-20(11-9-18)28-14-22-24-17(3)29-25-22/h6-11,13,21H,4-5,12,14H2,1-3H3. The van der Waals surface area contributed by atoms with Gasteiger partial charge >= 0.3 is 0 Å². The summed E-state index contributed by atoms with van der Waals surface area (Å²) in [5, 5.41) is 3.81. The minimum absolute atomic E-state index is 0.0612. The molecule has 1 aliphatic heterocycles. The first-order valence-electron chi connectivity index (χ1n) is 9.91. The molecule has 6 nitrogen and oxygen atoms in total. The highest BCUT2D eigenvalue weighted by Gasteiger charge is 2.30. The topological polar surface area (TPSA) is 68.5 Å². The fourth-order valence-electron chi connectivity index (χ4n) is 3.74. The highest BCUT2D eigenvalue weighted by molar-refractivity contribution is 5.94. The summed E-state index contributed by atoms with van der Waals surface area (Å²) in [6.45, 7) is 6.98. The van der Waals surface area contributed by atoms with Crippen LogP contribution in [0.1, 0.15) is 57.6 Å². The number of aryl methyl sites for hydroxylation is 3. The van der Waals surface area contributed by atoms with E-state index in [-0.39, 0.29) is 18.6 Å². The second-order valence-electron chi connectivity index (χ2n) is 7.54. The lowest BCUT2D eigenvalue weighted by Crippen LogP contribution is -2.30. The minimum Gasteiger partial charge on any atom is -0.485 e. The third-order valence-corrected chi connectivity index (χ3v) is 5.47. The highest BCUT2D eigenvalue weighted by Crippen LogP contribution is 2.34. The van der Waals surface area contributed by atoms with Gasteiger partial charge in [-0.25, -0.2) is 0 Å². The van der Waals surface area contributed by atoms with Gasteiger partial charge < -0.3 is 14.2 Å². The van der Waals surface area contributed by atoms with Gasteiger partial charge in [-0.15, -0.1) is 0 Å². The molecule has 1 fully saturated rings. The van der Waals surface area contributed by atoms with E-state index in [1.54, 1.807) is 19.1 Å². The van der Waals surface area contributed by atoms with Crippen molar-refractivity contribution in [3.05, 3.63) is 76.4 Å². The Hall–Kier alpha value is -3.15. The quantitative estimate of drug-likeness (QED) is 0.638. The molecule has 2 aromatic carbocycles. The number of likely N-dealkylation sites (tertiary alicyclic amines) is 1. The van der Waals surface area contributed by atoms with Crippen LogP contribution in [-0.2, 0) is 6.61 Å². The van der Waals surface area contributed by atoms with Gasteiger partial charge in [0.2, 0.25) is 11.7 Å². The molecule has 4 rings (SSSR count). The summed E-state index contributed by atoms with van der Waals surface area (Å²) in [5.41, 5.74) is 4.43. The van der Waals surface area contributed by atoms with Gasteiger partial charge in [0, 0.05) is 19.0 Å². The Morgan fingerprint density at radius 1 is 1.14 bits per heavy atom. The number of hydrogen-bond acceptors (Lipinski definition) is 5. The van der Waals surface area contributed by atoms with Crippen LogP contribution in [0.4, 0.5) is 0 Å². The Morgan fingerprint density at radius 2 is 1.93 bits per heavy atom. The fraction of sp³-hybridized carbons (Fsp3) is 0.348. The maximum atomic E-state index is 13.1. The molecule has 1 amide bonds. The van der Waals surface area contributed by atoms with E-state index in [9.17, 15) is 4.79 Å². The summed E-state index contributed by atoms with van der Waals surface area (Å²) >= 11 is 0. The van der Waals surface area contributed by atoms with E-state index in [0.29, 0.717) is 23.0 Å². The molecule has 3 aromatic rings. The van der Waals surface area contributed by atoms with Crippen molar-refractivity contribution in [2.24, 2.45) is 0 Å². The molecule has 2 heterocycles. The molecule has 0 aliphatic carbocycles. The van der Waals surface area contributed by atoms with Crippen LogP contribution in [0.25, 0.3) is 0 Å². The average Bonchev–Trinajstić information content (AvgIpc) is 3.37. The SMILES string of the molecule is Cc1nc(COc2ccc(C(=O)N3CCCC3c3ccc(C)c(C)c3)cc2)no1. The summed E-state index contributed by atoms with van der Waals surface area (Å²) in [5.74, 6) is 1.73. The van der Waals surface area contributed by atoms with Crippen LogP contribution >= 0.6 is 0 Å². The molecule has 0 bridgehead atoms. The van der Waals surface area contributed by atoms with Crippen molar-refractivity contribution in [1.29, 1.82) is 0 Å². The predicted molar refractivity (Wildman–Crippen MR) is 109 cm³/mol. The number of aromatic nitrogens is 2. The number of carbonyl (C=O) groups excluding carboxylic acids is 1. The average molecular weight is 391 g/mol. The zero-order valence-corrected chi connectivity index (χ0v) is 17.0. The normalized spacial score (nSPS) is 16.2. The lowest BCUT2D eigenvalue weighted by molar-refractivity contribution is 0.0735. The van der Waals surface area contributed by atoms with Gasteiger partial charge in [0.15, 0.2) is 6.61 Å². The Morgan fingerprint density at radius 3 is 2.62 bits per heavy atom. The van der Waals surface area contributed by atoms with Crippen molar-refractivity contribution in [2.75, 3.05) is 6.54 Å². The first-order chi connectivity index (χ1) is 14.0. The van der Waals surface area contributed by atoms with E-state index >= 15 is 0 Å². The molecule has 0 saturated carbocycles. The predicted octanol–water partition coefficient (Wildman–Crippen LogP) is 4.55. The zero-order valence-electron chi connectivity index (χ0n) is 17.0. The lowest BCUT2D eigenvalue weighted by Gasteiger charge is -2.26. The number of amides is 1. The number of ether oxygens (including phenoxy) is 1. The van der Waals surface area contributed by atoms with Crippen molar-refractivity contribution in [2.45, 2.75) is 46.3 Å². The maximum Gasteiger partial charge on any atom is 0.254 e. The van der Waals surface area contributed by atoms with E-state index in [2.05, 4.69) is 42.2 Å². The summed E-state index contributed by atoms with van der Waals surface area (Å²) in [6, 6.07) is 13.9. The zero-order chi connectivity index (χ0) is 20.4. The summed E-state index contributed by atoms with van der Waals surface area (Å²) in [4.78, 5) is 19.2.